The van der Waals surface area contributed by atoms with Crippen LogP contribution in [-0.2, 0) is 9.59 Å². The van der Waals surface area contributed by atoms with Crippen LogP contribution in [0.4, 0.5) is 11.4 Å². The van der Waals surface area contributed by atoms with E-state index in [1.54, 1.807) is 31.2 Å². The van der Waals surface area contributed by atoms with E-state index in [2.05, 4.69) is 20.7 Å². The molecule has 0 fully saturated rings. The number of carbonyl (C=O) groups is 2. The van der Waals surface area contributed by atoms with Gasteiger partial charge in [-0.25, -0.2) is 9.67 Å². The molecular weight excluding hydrogens is 294 g/mol. The predicted molar refractivity (Wildman–Crippen MR) is 88.0 cm³/mol. The lowest BCUT2D eigenvalue weighted by Crippen LogP contribution is -2.24. The van der Waals surface area contributed by atoms with Crippen LogP contribution in [0.2, 0.25) is 0 Å². The Bertz CT molecular complexity index is 637. The van der Waals surface area contributed by atoms with E-state index in [-0.39, 0.29) is 11.8 Å². The van der Waals surface area contributed by atoms with Crippen molar-refractivity contribution in [2.45, 2.75) is 39.2 Å². The molecule has 0 saturated carbocycles. The van der Waals surface area contributed by atoms with E-state index in [1.165, 1.54) is 17.3 Å². The third-order valence-electron chi connectivity index (χ3n) is 3.41. The average molecular weight is 315 g/mol. The lowest BCUT2D eigenvalue weighted by molar-refractivity contribution is -0.119. The van der Waals surface area contributed by atoms with Gasteiger partial charge in [0, 0.05) is 17.8 Å². The maximum Gasteiger partial charge on any atom is 0.249 e. The van der Waals surface area contributed by atoms with Crippen molar-refractivity contribution in [1.82, 2.24) is 14.8 Å². The first kappa shape index (κ1) is 16.7. The maximum atomic E-state index is 12.1. The van der Waals surface area contributed by atoms with E-state index in [1.807, 2.05) is 6.92 Å². The molecule has 0 radical (unpaired) electrons. The van der Waals surface area contributed by atoms with Crippen LogP contribution in [0, 0.1) is 0 Å². The number of carbonyl (C=O) groups excluding carboxylic acids is 2. The second-order valence-corrected chi connectivity index (χ2v) is 5.27. The van der Waals surface area contributed by atoms with E-state index in [0.717, 1.165) is 12.8 Å². The third kappa shape index (κ3) is 4.91. The second-order valence-electron chi connectivity index (χ2n) is 5.27. The van der Waals surface area contributed by atoms with Crippen LogP contribution in [0.25, 0.3) is 0 Å². The van der Waals surface area contributed by atoms with Gasteiger partial charge in [-0.15, -0.1) is 0 Å². The fourth-order valence-electron chi connectivity index (χ4n) is 1.98. The molecule has 2 amide bonds. The number of anilines is 2. The van der Waals surface area contributed by atoms with Crippen LogP contribution >= 0.6 is 0 Å². The summed E-state index contributed by atoms with van der Waals surface area (Å²) in [6.45, 7) is 3.79. The molecule has 1 aromatic carbocycles. The van der Waals surface area contributed by atoms with E-state index in [0.29, 0.717) is 17.8 Å². The molecule has 1 aromatic heterocycles. The minimum atomic E-state index is -0.453. The molecule has 122 valence electrons. The summed E-state index contributed by atoms with van der Waals surface area (Å²) in [4.78, 5) is 27.6. The summed E-state index contributed by atoms with van der Waals surface area (Å²) < 4.78 is 1.48. The van der Waals surface area contributed by atoms with Gasteiger partial charge in [0.1, 0.15) is 18.7 Å². The molecule has 0 aliphatic heterocycles. The topological polar surface area (TPSA) is 88.9 Å². The average Bonchev–Trinajstić information content (AvgIpc) is 3.08. The molecule has 0 bridgehead atoms. The standard InChI is InChI=1S/C16H21N5O2/c1-3-4-5-15(22)19-13-6-8-14(9-7-13)20-16(23)12(2)21-11-17-10-18-21/h6-12H,3-5H2,1-2H3,(H,19,22)(H,20,23). The van der Waals surface area contributed by atoms with Crippen LogP contribution in [0.3, 0.4) is 0 Å². The van der Waals surface area contributed by atoms with Gasteiger partial charge in [-0.2, -0.15) is 5.10 Å². The summed E-state index contributed by atoms with van der Waals surface area (Å²) in [5, 5.41) is 9.58. The predicted octanol–water partition coefficient (Wildman–Crippen LogP) is 2.61. The largest absolute Gasteiger partial charge is 0.326 e. The van der Waals surface area contributed by atoms with Crippen LogP contribution < -0.4 is 10.6 Å². The van der Waals surface area contributed by atoms with Crippen molar-refractivity contribution in [2.75, 3.05) is 10.6 Å². The normalized spacial score (nSPS) is 11.7. The van der Waals surface area contributed by atoms with Crippen molar-refractivity contribution >= 4 is 23.2 Å². The quantitative estimate of drug-likeness (QED) is 0.822. The molecule has 0 aliphatic carbocycles. The van der Waals surface area contributed by atoms with Crippen LogP contribution in [-0.4, -0.2) is 26.6 Å². The summed E-state index contributed by atoms with van der Waals surface area (Å²) in [6.07, 6.45) is 5.27. The molecule has 2 N–H and O–H groups in total. The number of hydrogen-bond acceptors (Lipinski definition) is 4. The Morgan fingerprint density at radius 2 is 1.83 bits per heavy atom. The number of nitrogens with zero attached hydrogens (tertiary/aromatic N) is 3. The monoisotopic (exact) mass is 315 g/mol. The number of rotatable bonds is 7. The molecule has 7 nitrogen and oxygen atoms in total. The SMILES string of the molecule is CCCCC(=O)Nc1ccc(NC(=O)C(C)n2cncn2)cc1. The van der Waals surface area contributed by atoms with Gasteiger partial charge in [0.15, 0.2) is 0 Å². The molecule has 0 aliphatic rings. The van der Waals surface area contributed by atoms with E-state index < -0.39 is 6.04 Å². The van der Waals surface area contributed by atoms with Gasteiger partial charge in [0.05, 0.1) is 0 Å². The van der Waals surface area contributed by atoms with Crippen molar-refractivity contribution in [3.8, 4) is 0 Å². The Labute approximate surface area is 135 Å². The summed E-state index contributed by atoms with van der Waals surface area (Å²) >= 11 is 0. The summed E-state index contributed by atoms with van der Waals surface area (Å²) in [7, 11) is 0. The molecular formula is C16H21N5O2. The smallest absolute Gasteiger partial charge is 0.249 e. The van der Waals surface area contributed by atoms with Crippen molar-refractivity contribution < 1.29 is 9.59 Å². The number of hydrogen-bond donors (Lipinski definition) is 2. The third-order valence-corrected chi connectivity index (χ3v) is 3.41. The number of aromatic nitrogens is 3. The molecule has 2 rings (SSSR count). The Morgan fingerprint density at radius 1 is 1.17 bits per heavy atom. The van der Waals surface area contributed by atoms with Crippen LogP contribution in [0.1, 0.15) is 39.2 Å². The molecule has 1 unspecified atom stereocenters. The highest BCUT2D eigenvalue weighted by molar-refractivity contribution is 5.94. The first-order valence-electron chi connectivity index (χ1n) is 7.65. The Kier molecular flexibility index (Phi) is 5.85. The number of unbranched alkanes of at least 4 members (excludes halogenated alkanes) is 1. The minimum absolute atomic E-state index is 0.00319. The number of nitrogens with one attached hydrogen (secondary N) is 2. The first-order valence-corrected chi connectivity index (χ1v) is 7.65. The lowest BCUT2D eigenvalue weighted by atomic mass is 10.2. The Morgan fingerprint density at radius 3 is 2.39 bits per heavy atom. The van der Waals surface area contributed by atoms with Crippen LogP contribution in [0.5, 0.6) is 0 Å². The highest BCUT2D eigenvalue weighted by Crippen LogP contribution is 2.16. The zero-order valence-corrected chi connectivity index (χ0v) is 13.3. The van der Waals surface area contributed by atoms with Gasteiger partial charge >= 0.3 is 0 Å². The summed E-state index contributed by atoms with van der Waals surface area (Å²) in [5.41, 5.74) is 1.38. The molecule has 7 heteroatoms. The fourth-order valence-corrected chi connectivity index (χ4v) is 1.98. The second kappa shape index (κ2) is 8.07. The van der Waals surface area contributed by atoms with Gasteiger partial charge < -0.3 is 10.6 Å². The lowest BCUT2D eigenvalue weighted by Gasteiger charge is -2.12. The van der Waals surface area contributed by atoms with E-state index in [9.17, 15) is 9.59 Å². The van der Waals surface area contributed by atoms with Gasteiger partial charge in [-0.1, -0.05) is 13.3 Å². The summed E-state index contributed by atoms with van der Waals surface area (Å²) in [5.74, 6) is -0.182. The van der Waals surface area contributed by atoms with E-state index in [4.69, 9.17) is 0 Å². The maximum absolute atomic E-state index is 12.1. The zero-order chi connectivity index (χ0) is 16.7. The number of amides is 2. The van der Waals surface area contributed by atoms with Crippen molar-refractivity contribution in [2.24, 2.45) is 0 Å². The minimum Gasteiger partial charge on any atom is -0.326 e. The van der Waals surface area contributed by atoms with Crippen molar-refractivity contribution in [3.05, 3.63) is 36.9 Å². The first-order chi connectivity index (χ1) is 11.1. The Balaban J connectivity index is 1.89. The molecule has 0 spiro atoms. The molecule has 0 saturated heterocycles. The van der Waals surface area contributed by atoms with Gasteiger partial charge in [-0.3, -0.25) is 9.59 Å². The van der Waals surface area contributed by atoms with Gasteiger partial charge in [0.2, 0.25) is 11.8 Å². The van der Waals surface area contributed by atoms with Gasteiger partial charge in [-0.05, 0) is 37.6 Å². The van der Waals surface area contributed by atoms with Crippen molar-refractivity contribution in [1.29, 1.82) is 0 Å². The van der Waals surface area contributed by atoms with E-state index >= 15 is 0 Å². The van der Waals surface area contributed by atoms with Gasteiger partial charge in [0.25, 0.3) is 0 Å². The van der Waals surface area contributed by atoms with Crippen molar-refractivity contribution in [3.63, 3.8) is 0 Å². The Hall–Kier alpha value is -2.70. The molecule has 23 heavy (non-hydrogen) atoms. The summed E-state index contributed by atoms with van der Waals surface area (Å²) in [6, 6.07) is 6.58. The molecule has 1 heterocycles. The molecule has 1 atom stereocenters. The zero-order valence-electron chi connectivity index (χ0n) is 13.3. The number of benzene rings is 1. The highest BCUT2D eigenvalue weighted by atomic mass is 16.2. The highest BCUT2D eigenvalue weighted by Gasteiger charge is 2.15. The van der Waals surface area contributed by atoms with Crippen LogP contribution in [0.15, 0.2) is 36.9 Å². The fraction of sp³-hybridized carbons (Fsp3) is 0.375. The molecule has 2 aromatic rings.